The van der Waals surface area contributed by atoms with Gasteiger partial charge in [-0.3, -0.25) is 24.1 Å². The lowest BCUT2D eigenvalue weighted by Crippen LogP contribution is -2.39. The number of likely N-dealkylation sites (tertiary alicyclic amines) is 1. The molecule has 3 atom stereocenters. The zero-order valence-corrected chi connectivity index (χ0v) is 15.7. The third-order valence-electron chi connectivity index (χ3n) is 5.01. The number of esters is 1. The summed E-state index contributed by atoms with van der Waals surface area (Å²) in [7, 11) is 0. The van der Waals surface area contributed by atoms with Gasteiger partial charge in [0.05, 0.1) is 11.8 Å². The fourth-order valence-electron chi connectivity index (χ4n) is 3.58. The summed E-state index contributed by atoms with van der Waals surface area (Å²) in [5, 5.41) is 3.14. The lowest BCUT2D eigenvalue weighted by molar-refractivity contribution is -0.158. The molecule has 27 heavy (non-hydrogen) atoms. The second kappa shape index (κ2) is 8.08. The van der Waals surface area contributed by atoms with Crippen LogP contribution in [0.2, 0.25) is 5.02 Å². The molecule has 7 nitrogen and oxygen atoms in total. The first-order valence-corrected chi connectivity index (χ1v) is 9.35. The highest BCUT2D eigenvalue weighted by atomic mass is 35.5. The summed E-state index contributed by atoms with van der Waals surface area (Å²) < 4.78 is 5.10. The molecular weight excluding hydrogens is 372 g/mol. The van der Waals surface area contributed by atoms with E-state index in [1.807, 2.05) is 0 Å². The molecule has 1 saturated heterocycles. The van der Waals surface area contributed by atoms with Crippen LogP contribution in [0, 0.1) is 11.8 Å². The Morgan fingerprint density at radius 2 is 1.70 bits per heavy atom. The van der Waals surface area contributed by atoms with E-state index >= 15 is 0 Å². The fraction of sp³-hybridized carbons (Fsp3) is 0.474. The number of amides is 3. The maximum absolute atomic E-state index is 12.4. The summed E-state index contributed by atoms with van der Waals surface area (Å²) in [4.78, 5) is 50.0. The lowest BCUT2D eigenvalue weighted by Gasteiger charge is -2.19. The van der Waals surface area contributed by atoms with Crippen LogP contribution in [0.4, 0.5) is 5.69 Å². The van der Waals surface area contributed by atoms with Crippen molar-refractivity contribution < 1.29 is 23.9 Å². The van der Waals surface area contributed by atoms with Gasteiger partial charge in [-0.25, -0.2) is 0 Å². The molecule has 1 aromatic carbocycles. The van der Waals surface area contributed by atoms with Gasteiger partial charge in [-0.2, -0.15) is 0 Å². The minimum Gasteiger partial charge on any atom is -0.451 e. The maximum atomic E-state index is 12.4. The summed E-state index contributed by atoms with van der Waals surface area (Å²) in [6.45, 7) is 0.972. The molecule has 1 aliphatic carbocycles. The molecule has 8 heteroatoms. The number of hydrogen-bond donors (Lipinski definition) is 1. The number of rotatable bonds is 5. The molecular formula is C19H21ClN2O5. The Kier molecular flexibility index (Phi) is 5.79. The van der Waals surface area contributed by atoms with Crippen molar-refractivity contribution in [1.29, 1.82) is 0 Å². The highest BCUT2D eigenvalue weighted by Crippen LogP contribution is 2.37. The molecule has 3 rings (SSSR count). The molecule has 0 bridgehead atoms. The highest BCUT2D eigenvalue weighted by molar-refractivity contribution is 6.30. The van der Waals surface area contributed by atoms with Crippen molar-refractivity contribution in [2.75, 3.05) is 11.9 Å². The number of halogens is 1. The Bertz CT molecular complexity index is 740. The topological polar surface area (TPSA) is 92.8 Å². The average Bonchev–Trinajstić information content (AvgIpc) is 2.89. The molecule has 1 heterocycles. The lowest BCUT2D eigenvalue weighted by atomic mass is 9.81. The van der Waals surface area contributed by atoms with Crippen LogP contribution in [0.3, 0.4) is 0 Å². The normalized spacial score (nSPS) is 23.0. The molecule has 1 N–H and O–H groups in total. The van der Waals surface area contributed by atoms with Gasteiger partial charge in [0, 0.05) is 10.7 Å². The minimum absolute atomic E-state index is 0.306. The smallest absolute Gasteiger partial charge is 0.326 e. The Hall–Kier alpha value is -2.41. The maximum Gasteiger partial charge on any atom is 0.326 e. The molecule has 0 unspecified atom stereocenters. The van der Waals surface area contributed by atoms with Crippen molar-refractivity contribution in [3.63, 3.8) is 0 Å². The van der Waals surface area contributed by atoms with Crippen LogP contribution in [-0.4, -0.2) is 41.2 Å². The summed E-state index contributed by atoms with van der Waals surface area (Å²) in [6.07, 6.45) is 2.13. The van der Waals surface area contributed by atoms with Gasteiger partial charge in [0.1, 0.15) is 6.54 Å². The number of benzene rings is 1. The Morgan fingerprint density at radius 3 is 2.26 bits per heavy atom. The quantitative estimate of drug-likeness (QED) is 0.613. The summed E-state index contributed by atoms with van der Waals surface area (Å²) in [6, 6.07) is 6.49. The zero-order chi connectivity index (χ0) is 19.6. The predicted octanol–water partition coefficient (Wildman–Crippen LogP) is 2.39. The van der Waals surface area contributed by atoms with Gasteiger partial charge < -0.3 is 10.1 Å². The second-order valence-corrected chi connectivity index (χ2v) is 7.32. The summed E-state index contributed by atoms with van der Waals surface area (Å²) >= 11 is 5.79. The van der Waals surface area contributed by atoms with Crippen molar-refractivity contribution in [3.8, 4) is 0 Å². The predicted molar refractivity (Wildman–Crippen MR) is 97.8 cm³/mol. The van der Waals surface area contributed by atoms with Crippen molar-refractivity contribution in [2.24, 2.45) is 11.8 Å². The minimum atomic E-state index is -1.07. The van der Waals surface area contributed by atoms with Crippen LogP contribution in [0.15, 0.2) is 24.3 Å². The van der Waals surface area contributed by atoms with E-state index in [4.69, 9.17) is 16.3 Å². The molecule has 1 aliphatic heterocycles. The SMILES string of the molecule is C[C@@H](OC(=O)CN1C(=O)[C@H]2CCCC[C@@H]2C1=O)C(=O)Nc1ccc(Cl)cc1. The molecule has 0 spiro atoms. The van der Waals surface area contributed by atoms with E-state index in [9.17, 15) is 19.2 Å². The largest absolute Gasteiger partial charge is 0.451 e. The summed E-state index contributed by atoms with van der Waals surface area (Å²) in [5.41, 5.74) is 0.515. The first-order valence-electron chi connectivity index (χ1n) is 8.98. The molecule has 0 radical (unpaired) electrons. The Balaban J connectivity index is 1.53. The van der Waals surface area contributed by atoms with E-state index < -0.39 is 24.5 Å². The van der Waals surface area contributed by atoms with Crippen LogP contribution in [-0.2, 0) is 23.9 Å². The molecule has 144 valence electrons. The van der Waals surface area contributed by atoms with Crippen LogP contribution < -0.4 is 5.32 Å². The molecule has 2 fully saturated rings. The number of nitrogens with zero attached hydrogens (tertiary/aromatic N) is 1. The van der Waals surface area contributed by atoms with E-state index in [1.165, 1.54) is 6.92 Å². The van der Waals surface area contributed by atoms with Gasteiger partial charge in [-0.05, 0) is 44.0 Å². The van der Waals surface area contributed by atoms with E-state index in [0.29, 0.717) is 23.6 Å². The van der Waals surface area contributed by atoms with Crippen LogP contribution in [0.5, 0.6) is 0 Å². The second-order valence-electron chi connectivity index (χ2n) is 6.89. The monoisotopic (exact) mass is 392 g/mol. The Labute approximate surface area is 162 Å². The third-order valence-corrected chi connectivity index (χ3v) is 5.26. The average molecular weight is 393 g/mol. The van der Waals surface area contributed by atoms with Crippen molar-refractivity contribution >= 4 is 41.0 Å². The summed E-state index contributed by atoms with van der Waals surface area (Å²) in [5.74, 6) is -2.54. The molecule has 2 aliphatic rings. The van der Waals surface area contributed by atoms with Crippen LogP contribution in [0.1, 0.15) is 32.6 Å². The molecule has 3 amide bonds. The van der Waals surface area contributed by atoms with Crippen LogP contribution in [0.25, 0.3) is 0 Å². The number of carbonyl (C=O) groups is 4. The van der Waals surface area contributed by atoms with E-state index in [-0.39, 0.29) is 23.7 Å². The molecule has 1 aromatic rings. The number of carbonyl (C=O) groups excluding carboxylic acids is 4. The first-order chi connectivity index (χ1) is 12.9. The van der Waals surface area contributed by atoms with Crippen molar-refractivity contribution in [1.82, 2.24) is 4.90 Å². The number of nitrogens with one attached hydrogen (secondary N) is 1. The number of ether oxygens (including phenoxy) is 1. The van der Waals surface area contributed by atoms with Crippen molar-refractivity contribution in [2.45, 2.75) is 38.7 Å². The number of anilines is 1. The van der Waals surface area contributed by atoms with E-state index in [1.54, 1.807) is 24.3 Å². The number of fused-ring (bicyclic) bond motifs is 1. The van der Waals surface area contributed by atoms with Gasteiger partial charge in [0.25, 0.3) is 5.91 Å². The fourth-order valence-corrected chi connectivity index (χ4v) is 3.71. The number of imide groups is 1. The third kappa shape index (κ3) is 4.30. The molecule has 1 saturated carbocycles. The Morgan fingerprint density at radius 1 is 1.15 bits per heavy atom. The first kappa shape index (κ1) is 19.4. The number of hydrogen-bond acceptors (Lipinski definition) is 5. The van der Waals surface area contributed by atoms with Gasteiger partial charge in [0.2, 0.25) is 11.8 Å². The van der Waals surface area contributed by atoms with E-state index in [2.05, 4.69) is 5.32 Å². The highest BCUT2D eigenvalue weighted by Gasteiger charge is 2.48. The van der Waals surface area contributed by atoms with Gasteiger partial charge in [-0.1, -0.05) is 24.4 Å². The standard InChI is InChI=1S/C19H21ClN2O5/c1-11(17(24)21-13-8-6-12(20)7-9-13)27-16(23)10-22-18(25)14-4-2-3-5-15(14)19(22)26/h6-9,11,14-15H,2-5,10H2,1H3,(H,21,24)/t11-,14+,15+/m1/s1. The van der Waals surface area contributed by atoms with Gasteiger partial charge in [0.15, 0.2) is 6.10 Å². The zero-order valence-electron chi connectivity index (χ0n) is 14.9. The van der Waals surface area contributed by atoms with Crippen molar-refractivity contribution in [3.05, 3.63) is 29.3 Å². The van der Waals surface area contributed by atoms with Crippen LogP contribution >= 0.6 is 11.6 Å². The molecule has 0 aromatic heterocycles. The van der Waals surface area contributed by atoms with Gasteiger partial charge >= 0.3 is 5.97 Å². The van der Waals surface area contributed by atoms with E-state index in [0.717, 1.165) is 17.7 Å². The van der Waals surface area contributed by atoms with Gasteiger partial charge in [-0.15, -0.1) is 0 Å².